The van der Waals surface area contributed by atoms with E-state index in [4.69, 9.17) is 9.47 Å². The Morgan fingerprint density at radius 3 is 2.85 bits per heavy atom. The molecule has 0 amide bonds. The number of hydrogen-bond acceptors (Lipinski definition) is 7. The number of fused-ring (bicyclic) bond motifs is 1. The third kappa shape index (κ3) is 3.58. The van der Waals surface area contributed by atoms with Gasteiger partial charge in [0, 0.05) is 31.1 Å². The van der Waals surface area contributed by atoms with Crippen LogP contribution >= 0.6 is 0 Å². The first-order valence-corrected chi connectivity index (χ1v) is 10.6. The van der Waals surface area contributed by atoms with E-state index in [0.29, 0.717) is 18.1 Å². The van der Waals surface area contributed by atoms with Crippen LogP contribution in [0.3, 0.4) is 0 Å². The Kier molecular flexibility index (Phi) is 4.80. The van der Waals surface area contributed by atoms with Gasteiger partial charge in [0.15, 0.2) is 0 Å². The second-order valence-corrected chi connectivity index (χ2v) is 8.53. The first-order chi connectivity index (χ1) is 13.3. The van der Waals surface area contributed by atoms with Crippen LogP contribution in [0, 0.1) is 5.92 Å². The molecule has 3 heterocycles. The van der Waals surface area contributed by atoms with Gasteiger partial charge in [-0.15, -0.1) is 0 Å². The Balaban J connectivity index is 1.30. The molecule has 4 aliphatic rings. The third-order valence-corrected chi connectivity index (χ3v) is 6.90. The summed E-state index contributed by atoms with van der Waals surface area (Å²) >= 11 is 0. The van der Waals surface area contributed by atoms with Crippen LogP contribution in [-0.2, 0) is 9.47 Å². The fraction of sp³-hybridized carbons (Fsp3) is 0.800. The Hall–Kier alpha value is -1.28. The van der Waals surface area contributed by atoms with Gasteiger partial charge in [-0.25, -0.2) is 15.4 Å². The second-order valence-electron chi connectivity index (χ2n) is 8.53. The first-order valence-electron chi connectivity index (χ1n) is 10.6. The normalized spacial score (nSPS) is 35.1. The Morgan fingerprint density at radius 1 is 1.22 bits per heavy atom. The monoisotopic (exact) mass is 373 g/mol. The summed E-state index contributed by atoms with van der Waals surface area (Å²) in [6.07, 6.45) is 9.15. The molecule has 1 aromatic heterocycles. The second kappa shape index (κ2) is 7.28. The predicted molar refractivity (Wildman–Crippen MR) is 102 cm³/mol. The summed E-state index contributed by atoms with van der Waals surface area (Å²) in [5.74, 6) is 1.53. The van der Waals surface area contributed by atoms with E-state index in [1.807, 2.05) is 0 Å². The van der Waals surface area contributed by atoms with E-state index in [-0.39, 0.29) is 11.6 Å². The van der Waals surface area contributed by atoms with Crippen molar-refractivity contribution in [1.82, 2.24) is 20.8 Å². The van der Waals surface area contributed by atoms with E-state index in [2.05, 4.69) is 38.7 Å². The zero-order valence-corrected chi connectivity index (χ0v) is 16.2. The van der Waals surface area contributed by atoms with E-state index in [1.165, 1.54) is 19.3 Å². The first kappa shape index (κ1) is 17.8. The molecular weight excluding hydrogens is 342 g/mol. The lowest BCUT2D eigenvalue weighted by atomic mass is 9.79. The molecule has 2 saturated heterocycles. The summed E-state index contributed by atoms with van der Waals surface area (Å²) < 4.78 is 12.0. The van der Waals surface area contributed by atoms with Crippen molar-refractivity contribution in [2.24, 2.45) is 5.92 Å². The lowest BCUT2D eigenvalue weighted by Crippen LogP contribution is -2.39. The molecule has 1 aromatic rings. The lowest BCUT2D eigenvalue weighted by molar-refractivity contribution is -0.0603. The number of ether oxygens (including phenoxy) is 2. The highest BCUT2D eigenvalue weighted by atomic mass is 16.5. The average Bonchev–Trinajstić information content (AvgIpc) is 3.38. The molecule has 2 aliphatic carbocycles. The number of hydrazine groups is 1. The number of nitrogens with zero attached hydrogens (tertiary/aromatic N) is 3. The van der Waals surface area contributed by atoms with Gasteiger partial charge >= 0.3 is 0 Å². The van der Waals surface area contributed by atoms with E-state index in [1.54, 1.807) is 6.33 Å². The van der Waals surface area contributed by atoms with Crippen LogP contribution in [0.1, 0.15) is 57.2 Å². The molecule has 27 heavy (non-hydrogen) atoms. The summed E-state index contributed by atoms with van der Waals surface area (Å²) in [6.45, 7) is 5.59. The molecule has 4 atom stereocenters. The highest BCUT2D eigenvalue weighted by Gasteiger charge is 2.47. The zero-order valence-electron chi connectivity index (χ0n) is 16.2. The summed E-state index contributed by atoms with van der Waals surface area (Å²) in [6, 6.07) is 2.89. The fourth-order valence-corrected chi connectivity index (χ4v) is 4.96. The molecule has 4 unspecified atom stereocenters. The highest BCUT2D eigenvalue weighted by Crippen LogP contribution is 2.47. The number of rotatable bonds is 5. The molecule has 148 valence electrons. The molecule has 7 heteroatoms. The van der Waals surface area contributed by atoms with Gasteiger partial charge in [-0.2, -0.15) is 0 Å². The van der Waals surface area contributed by atoms with Crippen LogP contribution in [0.2, 0.25) is 0 Å². The van der Waals surface area contributed by atoms with Crippen molar-refractivity contribution in [3.05, 3.63) is 18.1 Å². The number of nitrogens with one attached hydrogen (secondary N) is 2. The van der Waals surface area contributed by atoms with E-state index in [9.17, 15) is 0 Å². The van der Waals surface area contributed by atoms with Crippen LogP contribution in [0.5, 0.6) is 0 Å². The van der Waals surface area contributed by atoms with E-state index in [0.717, 1.165) is 57.1 Å². The fourth-order valence-electron chi connectivity index (χ4n) is 4.96. The maximum Gasteiger partial charge on any atom is 0.132 e. The van der Waals surface area contributed by atoms with Crippen molar-refractivity contribution in [1.29, 1.82) is 0 Å². The van der Waals surface area contributed by atoms with Gasteiger partial charge in [0.1, 0.15) is 12.1 Å². The van der Waals surface area contributed by atoms with Crippen molar-refractivity contribution in [3.63, 3.8) is 0 Å². The van der Waals surface area contributed by atoms with Crippen molar-refractivity contribution in [2.75, 3.05) is 31.2 Å². The standard InChI is InChI=1S/C20H31N5O2/c1-2-20(5-6-20)27-14-3-4-16-15(11-14)19(24-23-16)17-12-18(22-13-21-17)25-7-9-26-10-8-25/h12-16,19,23-24H,2-11H2,1H3. The summed E-state index contributed by atoms with van der Waals surface area (Å²) in [7, 11) is 0. The van der Waals surface area contributed by atoms with Crippen LogP contribution < -0.4 is 15.8 Å². The molecule has 7 nitrogen and oxygen atoms in total. The minimum atomic E-state index is 0.199. The topological polar surface area (TPSA) is 71.5 Å². The maximum atomic E-state index is 6.54. The Labute approximate surface area is 161 Å². The maximum absolute atomic E-state index is 6.54. The zero-order chi connectivity index (χ0) is 18.3. The van der Waals surface area contributed by atoms with E-state index >= 15 is 0 Å². The number of aromatic nitrogens is 2. The minimum absolute atomic E-state index is 0.199. The van der Waals surface area contributed by atoms with Crippen LogP contribution in [0.4, 0.5) is 5.82 Å². The Morgan fingerprint density at radius 2 is 2.07 bits per heavy atom. The predicted octanol–water partition coefficient (Wildman–Crippen LogP) is 1.96. The molecular formula is C20H31N5O2. The van der Waals surface area contributed by atoms with Crippen LogP contribution in [0.25, 0.3) is 0 Å². The van der Waals surface area contributed by atoms with E-state index < -0.39 is 0 Å². The largest absolute Gasteiger partial charge is 0.378 e. The van der Waals surface area contributed by atoms with Gasteiger partial charge < -0.3 is 14.4 Å². The summed E-state index contributed by atoms with van der Waals surface area (Å²) in [5, 5.41) is 0. The molecule has 2 N–H and O–H groups in total. The van der Waals surface area contributed by atoms with Crippen molar-refractivity contribution >= 4 is 5.82 Å². The Bertz CT molecular complexity index is 662. The van der Waals surface area contributed by atoms with Crippen LogP contribution in [0.15, 0.2) is 12.4 Å². The van der Waals surface area contributed by atoms with Crippen LogP contribution in [-0.4, -0.2) is 54.0 Å². The van der Waals surface area contributed by atoms with Gasteiger partial charge in [0.2, 0.25) is 0 Å². The van der Waals surface area contributed by atoms with Gasteiger partial charge in [0.05, 0.1) is 36.7 Å². The van der Waals surface area contributed by atoms with Crippen molar-refractivity contribution < 1.29 is 9.47 Å². The smallest absolute Gasteiger partial charge is 0.132 e. The van der Waals surface area contributed by atoms with Gasteiger partial charge in [-0.3, -0.25) is 5.43 Å². The molecule has 2 aliphatic heterocycles. The average molecular weight is 374 g/mol. The molecule has 0 radical (unpaired) electrons. The van der Waals surface area contributed by atoms with Gasteiger partial charge in [-0.1, -0.05) is 6.92 Å². The number of anilines is 1. The molecule has 4 fully saturated rings. The highest BCUT2D eigenvalue weighted by molar-refractivity contribution is 5.40. The number of hydrogen-bond donors (Lipinski definition) is 2. The van der Waals surface area contributed by atoms with Gasteiger partial charge in [-0.05, 0) is 38.5 Å². The lowest BCUT2D eigenvalue weighted by Gasteiger charge is -2.35. The minimum Gasteiger partial charge on any atom is -0.378 e. The molecule has 2 saturated carbocycles. The molecule has 0 spiro atoms. The van der Waals surface area contributed by atoms with Crippen molar-refractivity contribution in [3.8, 4) is 0 Å². The molecule has 0 aromatic carbocycles. The number of morpholine rings is 1. The van der Waals surface area contributed by atoms with Gasteiger partial charge in [0.25, 0.3) is 0 Å². The quantitative estimate of drug-likeness (QED) is 0.817. The van der Waals surface area contributed by atoms with Crippen molar-refractivity contribution in [2.45, 2.75) is 69.2 Å². The molecule has 0 bridgehead atoms. The SMILES string of the molecule is CCC1(OC2CCC3NNC(c4cc(N5CCOCC5)ncn4)C3C2)CC1. The summed E-state index contributed by atoms with van der Waals surface area (Å²) in [5.41, 5.74) is 8.32. The summed E-state index contributed by atoms with van der Waals surface area (Å²) in [4.78, 5) is 11.4. The molecule has 5 rings (SSSR count). The third-order valence-electron chi connectivity index (χ3n) is 6.90.